The highest BCUT2D eigenvalue weighted by Gasteiger charge is 2.29. The van der Waals surface area contributed by atoms with E-state index in [9.17, 15) is 0 Å². The number of hydrogen-bond donors (Lipinski definition) is 1. The molecule has 1 aliphatic rings. The molecule has 0 saturated heterocycles. The summed E-state index contributed by atoms with van der Waals surface area (Å²) < 4.78 is 0. The fourth-order valence-electron chi connectivity index (χ4n) is 3.31. The first-order chi connectivity index (χ1) is 9.13. The molecule has 1 aromatic carbocycles. The zero-order valence-corrected chi connectivity index (χ0v) is 13.3. The predicted octanol–water partition coefficient (Wildman–Crippen LogP) is 4.95. The second-order valence-electron chi connectivity index (χ2n) is 5.68. The molecule has 1 saturated carbocycles. The molecule has 1 fully saturated rings. The molecular formula is C16H23Cl2N. The molecule has 0 radical (unpaired) electrons. The molecule has 3 unspecified atom stereocenters. The standard InChI is InChI=1S/C16H23Cl2N/c1-3-11-4-7-16(19-2)13(8-11)9-12-5-6-14(17)10-15(12)18/h5-6,10-11,13,16,19H,3-4,7-9H2,1-2H3. The first-order valence-electron chi connectivity index (χ1n) is 7.25. The van der Waals surface area contributed by atoms with E-state index in [1.165, 1.54) is 31.2 Å². The van der Waals surface area contributed by atoms with Crippen LogP contribution in [0.25, 0.3) is 0 Å². The van der Waals surface area contributed by atoms with E-state index >= 15 is 0 Å². The molecule has 0 bridgehead atoms. The minimum atomic E-state index is 0.620. The van der Waals surface area contributed by atoms with E-state index in [0.29, 0.717) is 17.0 Å². The van der Waals surface area contributed by atoms with Crippen LogP contribution in [0.2, 0.25) is 10.0 Å². The highest BCUT2D eigenvalue weighted by atomic mass is 35.5. The fraction of sp³-hybridized carbons (Fsp3) is 0.625. The summed E-state index contributed by atoms with van der Waals surface area (Å²) in [7, 11) is 2.08. The lowest BCUT2D eigenvalue weighted by atomic mass is 9.74. The largest absolute Gasteiger partial charge is 0.317 e. The number of halogens is 2. The van der Waals surface area contributed by atoms with Crippen molar-refractivity contribution in [1.82, 2.24) is 5.32 Å². The van der Waals surface area contributed by atoms with Crippen LogP contribution in [0.5, 0.6) is 0 Å². The highest BCUT2D eigenvalue weighted by Crippen LogP contribution is 2.35. The zero-order chi connectivity index (χ0) is 13.8. The molecule has 1 N–H and O–H groups in total. The van der Waals surface area contributed by atoms with Crippen LogP contribution in [0.4, 0.5) is 0 Å². The minimum Gasteiger partial charge on any atom is -0.317 e. The maximum absolute atomic E-state index is 6.31. The summed E-state index contributed by atoms with van der Waals surface area (Å²) in [5.74, 6) is 1.56. The Bertz CT molecular complexity index is 419. The Balaban J connectivity index is 2.09. The lowest BCUT2D eigenvalue weighted by Gasteiger charge is -2.36. The smallest absolute Gasteiger partial charge is 0.0452 e. The van der Waals surface area contributed by atoms with Crippen molar-refractivity contribution in [3.05, 3.63) is 33.8 Å². The Morgan fingerprint density at radius 3 is 2.68 bits per heavy atom. The van der Waals surface area contributed by atoms with Crippen LogP contribution >= 0.6 is 23.2 Å². The monoisotopic (exact) mass is 299 g/mol. The molecule has 0 amide bonds. The van der Waals surface area contributed by atoms with Gasteiger partial charge < -0.3 is 5.32 Å². The Morgan fingerprint density at radius 1 is 1.26 bits per heavy atom. The van der Waals surface area contributed by atoms with Gasteiger partial charge in [0.05, 0.1) is 0 Å². The normalized spacial score (nSPS) is 27.5. The summed E-state index contributed by atoms with van der Waals surface area (Å²) in [6, 6.07) is 6.49. The molecule has 1 nitrogen and oxygen atoms in total. The topological polar surface area (TPSA) is 12.0 Å². The van der Waals surface area contributed by atoms with Crippen molar-refractivity contribution in [2.45, 2.75) is 45.1 Å². The Labute approximate surface area is 126 Å². The van der Waals surface area contributed by atoms with Gasteiger partial charge in [0.15, 0.2) is 0 Å². The summed E-state index contributed by atoms with van der Waals surface area (Å²) >= 11 is 12.3. The molecule has 1 aromatic rings. The van der Waals surface area contributed by atoms with Crippen molar-refractivity contribution in [3.63, 3.8) is 0 Å². The van der Waals surface area contributed by atoms with Gasteiger partial charge >= 0.3 is 0 Å². The van der Waals surface area contributed by atoms with Crippen LogP contribution in [0.15, 0.2) is 18.2 Å². The molecule has 0 aliphatic heterocycles. The maximum atomic E-state index is 6.31. The lowest BCUT2D eigenvalue weighted by molar-refractivity contribution is 0.205. The van der Waals surface area contributed by atoms with Crippen molar-refractivity contribution >= 4 is 23.2 Å². The Hall–Kier alpha value is -0.240. The summed E-state index contributed by atoms with van der Waals surface area (Å²) in [6.07, 6.45) is 6.29. The van der Waals surface area contributed by atoms with E-state index in [0.717, 1.165) is 17.4 Å². The quantitative estimate of drug-likeness (QED) is 0.829. The summed E-state index contributed by atoms with van der Waals surface area (Å²) in [5.41, 5.74) is 1.23. The Kier molecular flexibility index (Phi) is 5.56. The summed E-state index contributed by atoms with van der Waals surface area (Å²) in [5, 5.41) is 5.00. The van der Waals surface area contributed by atoms with Crippen molar-refractivity contribution in [1.29, 1.82) is 0 Å². The zero-order valence-electron chi connectivity index (χ0n) is 11.8. The first-order valence-corrected chi connectivity index (χ1v) is 8.00. The van der Waals surface area contributed by atoms with Gasteiger partial charge in [-0.2, -0.15) is 0 Å². The van der Waals surface area contributed by atoms with Crippen LogP contribution in [0.3, 0.4) is 0 Å². The highest BCUT2D eigenvalue weighted by molar-refractivity contribution is 6.35. The van der Waals surface area contributed by atoms with E-state index in [1.807, 2.05) is 12.1 Å². The molecule has 19 heavy (non-hydrogen) atoms. The van der Waals surface area contributed by atoms with Crippen LogP contribution in [-0.4, -0.2) is 13.1 Å². The van der Waals surface area contributed by atoms with Crippen molar-refractivity contribution in [2.75, 3.05) is 7.05 Å². The number of hydrogen-bond acceptors (Lipinski definition) is 1. The van der Waals surface area contributed by atoms with Gasteiger partial charge in [0, 0.05) is 16.1 Å². The van der Waals surface area contributed by atoms with Crippen LogP contribution < -0.4 is 5.32 Å². The van der Waals surface area contributed by atoms with Gasteiger partial charge in [0.2, 0.25) is 0 Å². The third-order valence-electron chi connectivity index (χ3n) is 4.54. The maximum Gasteiger partial charge on any atom is 0.0452 e. The summed E-state index contributed by atoms with van der Waals surface area (Å²) in [6.45, 7) is 2.30. The number of nitrogens with one attached hydrogen (secondary N) is 1. The third-order valence-corrected chi connectivity index (χ3v) is 5.12. The summed E-state index contributed by atoms with van der Waals surface area (Å²) in [4.78, 5) is 0. The average molecular weight is 300 g/mol. The molecule has 1 aliphatic carbocycles. The van der Waals surface area contributed by atoms with Gasteiger partial charge in [-0.25, -0.2) is 0 Å². The van der Waals surface area contributed by atoms with E-state index in [1.54, 1.807) is 0 Å². The van der Waals surface area contributed by atoms with E-state index < -0.39 is 0 Å². The Morgan fingerprint density at radius 2 is 2.05 bits per heavy atom. The van der Waals surface area contributed by atoms with E-state index in [-0.39, 0.29) is 0 Å². The lowest BCUT2D eigenvalue weighted by Crippen LogP contribution is -2.39. The van der Waals surface area contributed by atoms with Crippen molar-refractivity contribution in [3.8, 4) is 0 Å². The molecular weight excluding hydrogens is 277 g/mol. The van der Waals surface area contributed by atoms with Gasteiger partial charge in [-0.15, -0.1) is 0 Å². The first kappa shape index (κ1) is 15.2. The van der Waals surface area contributed by atoms with Crippen molar-refractivity contribution < 1.29 is 0 Å². The van der Waals surface area contributed by atoms with Gasteiger partial charge in [-0.1, -0.05) is 42.6 Å². The molecule has 2 rings (SSSR count). The molecule has 0 spiro atoms. The molecule has 3 heteroatoms. The predicted molar refractivity (Wildman–Crippen MR) is 84.1 cm³/mol. The van der Waals surface area contributed by atoms with Gasteiger partial charge in [-0.05, 0) is 62.3 Å². The average Bonchev–Trinajstić information content (AvgIpc) is 2.41. The number of benzene rings is 1. The van der Waals surface area contributed by atoms with E-state index in [4.69, 9.17) is 23.2 Å². The molecule has 3 atom stereocenters. The van der Waals surface area contributed by atoms with Gasteiger partial charge in [-0.3, -0.25) is 0 Å². The minimum absolute atomic E-state index is 0.620. The van der Waals surface area contributed by atoms with Crippen LogP contribution in [0.1, 0.15) is 38.2 Å². The second kappa shape index (κ2) is 6.97. The fourth-order valence-corrected chi connectivity index (χ4v) is 3.79. The third kappa shape index (κ3) is 3.87. The molecule has 106 valence electrons. The SMILES string of the molecule is CCC1CCC(NC)C(Cc2ccc(Cl)cc2Cl)C1. The van der Waals surface area contributed by atoms with Gasteiger partial charge in [0.1, 0.15) is 0 Å². The van der Waals surface area contributed by atoms with Gasteiger partial charge in [0.25, 0.3) is 0 Å². The van der Waals surface area contributed by atoms with Crippen molar-refractivity contribution in [2.24, 2.45) is 11.8 Å². The molecule has 0 heterocycles. The van der Waals surface area contributed by atoms with Crippen LogP contribution in [0, 0.1) is 11.8 Å². The van der Waals surface area contributed by atoms with Crippen LogP contribution in [-0.2, 0) is 6.42 Å². The molecule has 0 aromatic heterocycles. The number of rotatable bonds is 4. The van der Waals surface area contributed by atoms with E-state index in [2.05, 4.69) is 25.4 Å². The second-order valence-corrected chi connectivity index (χ2v) is 6.53.